The van der Waals surface area contributed by atoms with Crippen molar-refractivity contribution in [1.82, 2.24) is 5.32 Å². The first-order chi connectivity index (χ1) is 8.90. The molecular weight excluding hydrogens is 248 g/mol. The molecule has 0 aliphatic heterocycles. The topological polar surface area (TPSA) is 141 Å². The highest BCUT2D eigenvalue weighted by molar-refractivity contribution is 5.99. The van der Waals surface area contributed by atoms with Crippen molar-refractivity contribution in [2.45, 2.75) is 18.9 Å². The molecule has 0 aliphatic rings. The minimum Gasteiger partial charge on any atom is -0.398 e. The number of primary amides is 2. The molecule has 0 bridgehead atoms. The minimum absolute atomic E-state index is 0.165. The Labute approximate surface area is 110 Å². The number of hydrogen-bond donors (Lipinski definition) is 4. The molecule has 7 nitrogen and oxygen atoms in total. The summed E-state index contributed by atoms with van der Waals surface area (Å²) >= 11 is 0. The number of nitrogen functional groups attached to an aromatic ring is 1. The zero-order valence-electron chi connectivity index (χ0n) is 10.3. The Kier molecular flexibility index (Phi) is 4.87. The number of benzene rings is 1. The highest BCUT2D eigenvalue weighted by atomic mass is 16.2. The van der Waals surface area contributed by atoms with Crippen molar-refractivity contribution in [2.75, 3.05) is 5.73 Å². The van der Waals surface area contributed by atoms with E-state index in [-0.39, 0.29) is 18.4 Å². The van der Waals surface area contributed by atoms with Crippen LogP contribution < -0.4 is 22.5 Å². The van der Waals surface area contributed by atoms with Crippen LogP contribution in [0.15, 0.2) is 24.3 Å². The van der Waals surface area contributed by atoms with Gasteiger partial charge in [-0.3, -0.25) is 14.4 Å². The zero-order valence-corrected chi connectivity index (χ0v) is 10.3. The monoisotopic (exact) mass is 264 g/mol. The third-order valence-electron chi connectivity index (χ3n) is 2.44. The van der Waals surface area contributed by atoms with Gasteiger partial charge in [-0.1, -0.05) is 12.1 Å². The first kappa shape index (κ1) is 14.5. The molecule has 3 amide bonds. The van der Waals surface area contributed by atoms with E-state index in [2.05, 4.69) is 5.32 Å². The molecule has 7 heteroatoms. The van der Waals surface area contributed by atoms with Gasteiger partial charge in [0.2, 0.25) is 11.8 Å². The average molecular weight is 264 g/mol. The van der Waals surface area contributed by atoms with Gasteiger partial charge in [-0.25, -0.2) is 0 Å². The molecule has 0 spiro atoms. The Morgan fingerprint density at radius 3 is 2.05 bits per heavy atom. The molecule has 0 aliphatic carbocycles. The Hall–Kier alpha value is -2.57. The first-order valence-corrected chi connectivity index (χ1v) is 5.62. The Morgan fingerprint density at radius 2 is 1.58 bits per heavy atom. The molecule has 0 unspecified atom stereocenters. The molecule has 0 atom stereocenters. The largest absolute Gasteiger partial charge is 0.398 e. The fraction of sp³-hybridized carbons (Fsp3) is 0.250. The summed E-state index contributed by atoms with van der Waals surface area (Å²) in [4.78, 5) is 33.7. The fourth-order valence-corrected chi connectivity index (χ4v) is 1.63. The van der Waals surface area contributed by atoms with E-state index in [0.29, 0.717) is 5.69 Å². The van der Waals surface area contributed by atoms with Crippen LogP contribution in [0.5, 0.6) is 0 Å². The van der Waals surface area contributed by atoms with Crippen LogP contribution >= 0.6 is 0 Å². The van der Waals surface area contributed by atoms with E-state index in [0.717, 1.165) is 0 Å². The molecular formula is C12H16N4O3. The summed E-state index contributed by atoms with van der Waals surface area (Å²) in [6, 6.07) is 5.73. The number of rotatable bonds is 6. The molecule has 0 radical (unpaired) electrons. The van der Waals surface area contributed by atoms with Gasteiger partial charge in [0.1, 0.15) is 0 Å². The molecule has 102 valence electrons. The van der Waals surface area contributed by atoms with Crippen LogP contribution in [0, 0.1) is 0 Å². The van der Waals surface area contributed by atoms with Crippen LogP contribution in [-0.2, 0) is 9.59 Å². The van der Waals surface area contributed by atoms with Gasteiger partial charge in [0.05, 0.1) is 5.56 Å². The number of nitrogens with one attached hydrogen (secondary N) is 1. The maximum absolute atomic E-state index is 11.9. The first-order valence-electron chi connectivity index (χ1n) is 5.62. The smallest absolute Gasteiger partial charge is 0.253 e. The van der Waals surface area contributed by atoms with E-state index >= 15 is 0 Å². The van der Waals surface area contributed by atoms with Crippen molar-refractivity contribution in [3.63, 3.8) is 0 Å². The van der Waals surface area contributed by atoms with Crippen molar-refractivity contribution in [3.8, 4) is 0 Å². The Bertz CT molecular complexity index is 486. The van der Waals surface area contributed by atoms with Crippen molar-refractivity contribution in [3.05, 3.63) is 29.8 Å². The summed E-state index contributed by atoms with van der Waals surface area (Å²) in [7, 11) is 0. The van der Waals surface area contributed by atoms with Gasteiger partial charge < -0.3 is 22.5 Å². The number of nitrogens with two attached hydrogens (primary N) is 3. The second kappa shape index (κ2) is 6.39. The van der Waals surface area contributed by atoms with Crippen molar-refractivity contribution in [1.29, 1.82) is 0 Å². The molecule has 0 fully saturated rings. The lowest BCUT2D eigenvalue weighted by molar-refractivity contribution is -0.119. The Morgan fingerprint density at radius 1 is 1.05 bits per heavy atom. The molecule has 19 heavy (non-hydrogen) atoms. The van der Waals surface area contributed by atoms with Gasteiger partial charge in [0.15, 0.2) is 0 Å². The van der Waals surface area contributed by atoms with Gasteiger partial charge >= 0.3 is 0 Å². The summed E-state index contributed by atoms with van der Waals surface area (Å²) < 4.78 is 0. The number of carbonyl (C=O) groups is 3. The summed E-state index contributed by atoms with van der Waals surface area (Å²) in [5, 5.41) is 2.52. The fourth-order valence-electron chi connectivity index (χ4n) is 1.63. The second-order valence-corrected chi connectivity index (χ2v) is 4.10. The van der Waals surface area contributed by atoms with E-state index in [9.17, 15) is 14.4 Å². The van der Waals surface area contributed by atoms with Crippen LogP contribution in [0.4, 0.5) is 5.69 Å². The molecule has 0 heterocycles. The van der Waals surface area contributed by atoms with Gasteiger partial charge in [0, 0.05) is 24.6 Å². The lowest BCUT2D eigenvalue weighted by atomic mass is 10.1. The highest BCUT2D eigenvalue weighted by Gasteiger charge is 2.19. The van der Waals surface area contributed by atoms with Crippen molar-refractivity contribution < 1.29 is 14.4 Å². The normalized spacial score (nSPS) is 10.2. The number of amides is 3. The molecule has 0 aromatic heterocycles. The van der Waals surface area contributed by atoms with Gasteiger partial charge in [0.25, 0.3) is 5.91 Å². The van der Waals surface area contributed by atoms with E-state index in [4.69, 9.17) is 17.2 Å². The molecule has 0 saturated carbocycles. The highest BCUT2D eigenvalue weighted by Crippen LogP contribution is 2.11. The number of para-hydroxylation sites is 1. The van der Waals surface area contributed by atoms with Gasteiger partial charge in [-0.15, -0.1) is 0 Å². The predicted molar refractivity (Wildman–Crippen MR) is 69.7 cm³/mol. The third-order valence-corrected chi connectivity index (χ3v) is 2.44. The van der Waals surface area contributed by atoms with Crippen LogP contribution in [0.3, 0.4) is 0 Å². The quantitative estimate of drug-likeness (QED) is 0.495. The van der Waals surface area contributed by atoms with Crippen LogP contribution in [-0.4, -0.2) is 23.8 Å². The summed E-state index contributed by atoms with van der Waals surface area (Å²) in [6.07, 6.45) is -0.331. The summed E-state index contributed by atoms with van der Waals surface area (Å²) in [5.41, 5.74) is 16.3. The van der Waals surface area contributed by atoms with E-state index < -0.39 is 23.8 Å². The van der Waals surface area contributed by atoms with Crippen LogP contribution in [0.1, 0.15) is 23.2 Å². The summed E-state index contributed by atoms with van der Waals surface area (Å²) in [6.45, 7) is 0. The van der Waals surface area contributed by atoms with E-state index in [1.54, 1.807) is 18.2 Å². The molecule has 1 aromatic carbocycles. The molecule has 1 aromatic rings. The van der Waals surface area contributed by atoms with Crippen molar-refractivity contribution in [2.24, 2.45) is 11.5 Å². The number of anilines is 1. The molecule has 0 saturated heterocycles. The number of hydrogen-bond acceptors (Lipinski definition) is 4. The lowest BCUT2D eigenvalue weighted by Gasteiger charge is -2.16. The molecule has 1 rings (SSSR count). The van der Waals surface area contributed by atoms with Crippen LogP contribution in [0.2, 0.25) is 0 Å². The maximum atomic E-state index is 11.9. The zero-order chi connectivity index (χ0) is 14.4. The average Bonchev–Trinajstić information content (AvgIpc) is 2.27. The van der Waals surface area contributed by atoms with E-state index in [1.165, 1.54) is 6.07 Å². The maximum Gasteiger partial charge on any atom is 0.253 e. The Balaban J connectivity index is 2.78. The SMILES string of the molecule is NC(=O)CC(CC(N)=O)NC(=O)c1ccccc1N. The molecule has 7 N–H and O–H groups in total. The number of carbonyl (C=O) groups excluding carboxylic acids is 3. The van der Waals surface area contributed by atoms with Gasteiger partial charge in [-0.2, -0.15) is 0 Å². The van der Waals surface area contributed by atoms with Crippen molar-refractivity contribution >= 4 is 23.4 Å². The second-order valence-electron chi connectivity index (χ2n) is 4.10. The third kappa shape index (κ3) is 4.66. The predicted octanol–water partition coefficient (Wildman–Crippen LogP) is -0.882. The minimum atomic E-state index is -0.734. The lowest BCUT2D eigenvalue weighted by Crippen LogP contribution is -2.40. The van der Waals surface area contributed by atoms with Crippen LogP contribution in [0.25, 0.3) is 0 Å². The van der Waals surface area contributed by atoms with E-state index in [1.807, 2.05) is 0 Å². The summed E-state index contributed by atoms with van der Waals surface area (Å²) in [5.74, 6) is -1.74. The standard InChI is InChI=1S/C12H16N4O3/c13-9-4-2-1-3-8(9)12(19)16-7(5-10(14)17)6-11(15)18/h1-4,7H,5-6,13H2,(H2,14,17)(H2,15,18)(H,16,19). The van der Waals surface area contributed by atoms with Gasteiger partial charge in [-0.05, 0) is 12.1 Å².